The number of benzene rings is 1. The third kappa shape index (κ3) is 2.32. The number of anilines is 1. The first-order chi connectivity index (χ1) is 8.33. The van der Waals surface area contributed by atoms with Crippen molar-refractivity contribution in [2.45, 2.75) is 38.0 Å². The summed E-state index contributed by atoms with van der Waals surface area (Å²) >= 11 is 0. The third-order valence-corrected chi connectivity index (χ3v) is 4.29. The van der Waals surface area contributed by atoms with Gasteiger partial charge in [0.25, 0.3) is 0 Å². The van der Waals surface area contributed by atoms with E-state index in [2.05, 4.69) is 23.1 Å². The second-order valence-electron chi connectivity index (χ2n) is 5.56. The Labute approximate surface area is 104 Å². The van der Waals surface area contributed by atoms with Gasteiger partial charge >= 0.3 is 0 Å². The highest BCUT2D eigenvalue weighted by atomic mass is 15.1. The standard InChI is InChI=1S/C15H22N2/c16-14-7-6-12-4-3-5-13(15(12)10-14)11-17-8-1-2-9-17/h6-7,10,13H,1-5,8-9,11,16H2. The lowest BCUT2D eigenvalue weighted by atomic mass is 9.82. The van der Waals surface area contributed by atoms with Crippen LogP contribution in [0.3, 0.4) is 0 Å². The first-order valence-electron chi connectivity index (χ1n) is 6.93. The van der Waals surface area contributed by atoms with E-state index in [1.807, 2.05) is 0 Å². The van der Waals surface area contributed by atoms with Gasteiger partial charge in [-0.2, -0.15) is 0 Å². The molecule has 1 aromatic carbocycles. The molecule has 2 nitrogen and oxygen atoms in total. The van der Waals surface area contributed by atoms with Crippen LogP contribution >= 0.6 is 0 Å². The van der Waals surface area contributed by atoms with Crippen molar-refractivity contribution < 1.29 is 0 Å². The normalized spacial score (nSPS) is 24.8. The van der Waals surface area contributed by atoms with Crippen LogP contribution in [0.2, 0.25) is 0 Å². The summed E-state index contributed by atoms with van der Waals surface area (Å²) in [6, 6.07) is 6.51. The van der Waals surface area contributed by atoms with Crippen molar-refractivity contribution in [2.75, 3.05) is 25.4 Å². The van der Waals surface area contributed by atoms with Crippen LogP contribution in [-0.4, -0.2) is 24.5 Å². The molecule has 1 aliphatic carbocycles. The lowest BCUT2D eigenvalue weighted by molar-refractivity contribution is 0.300. The molecule has 1 aromatic rings. The third-order valence-electron chi connectivity index (χ3n) is 4.29. The van der Waals surface area contributed by atoms with Crippen molar-refractivity contribution in [3.05, 3.63) is 29.3 Å². The minimum absolute atomic E-state index is 0.723. The molecule has 2 heteroatoms. The summed E-state index contributed by atoms with van der Waals surface area (Å²) in [6.07, 6.45) is 6.70. The highest BCUT2D eigenvalue weighted by Crippen LogP contribution is 2.34. The van der Waals surface area contributed by atoms with Gasteiger partial charge in [0.2, 0.25) is 0 Å². The average molecular weight is 230 g/mol. The fourth-order valence-corrected chi connectivity index (χ4v) is 3.38. The van der Waals surface area contributed by atoms with E-state index in [1.54, 1.807) is 0 Å². The molecule has 3 rings (SSSR count). The maximum Gasteiger partial charge on any atom is 0.0317 e. The molecule has 0 radical (unpaired) electrons. The number of fused-ring (bicyclic) bond motifs is 1. The van der Waals surface area contributed by atoms with Crippen LogP contribution in [0.4, 0.5) is 5.69 Å². The number of nitrogens with zero attached hydrogens (tertiary/aromatic N) is 1. The van der Waals surface area contributed by atoms with Gasteiger partial charge in [0.15, 0.2) is 0 Å². The summed E-state index contributed by atoms with van der Waals surface area (Å²) < 4.78 is 0. The quantitative estimate of drug-likeness (QED) is 0.792. The first-order valence-corrected chi connectivity index (χ1v) is 6.93. The Morgan fingerprint density at radius 3 is 2.82 bits per heavy atom. The zero-order valence-corrected chi connectivity index (χ0v) is 10.5. The number of hydrogen-bond donors (Lipinski definition) is 1. The van der Waals surface area contributed by atoms with Gasteiger partial charge in [-0.3, -0.25) is 0 Å². The highest BCUT2D eigenvalue weighted by molar-refractivity contribution is 5.47. The zero-order chi connectivity index (χ0) is 11.7. The van der Waals surface area contributed by atoms with Crippen LogP contribution in [0, 0.1) is 0 Å². The van der Waals surface area contributed by atoms with Crippen molar-refractivity contribution in [2.24, 2.45) is 0 Å². The molecule has 2 N–H and O–H groups in total. The van der Waals surface area contributed by atoms with Gasteiger partial charge in [0, 0.05) is 12.2 Å². The molecule has 1 fully saturated rings. The zero-order valence-electron chi connectivity index (χ0n) is 10.5. The minimum Gasteiger partial charge on any atom is -0.399 e. The molecule has 2 aliphatic rings. The molecular weight excluding hydrogens is 208 g/mol. The second kappa shape index (κ2) is 4.69. The molecule has 1 unspecified atom stereocenters. The summed E-state index contributed by atoms with van der Waals surface area (Å²) in [7, 11) is 0. The Morgan fingerprint density at radius 2 is 2.00 bits per heavy atom. The molecule has 1 heterocycles. The molecule has 0 bridgehead atoms. The number of nitrogens with two attached hydrogens (primary N) is 1. The van der Waals surface area contributed by atoms with Crippen molar-refractivity contribution in [3.8, 4) is 0 Å². The number of hydrogen-bond acceptors (Lipinski definition) is 2. The topological polar surface area (TPSA) is 29.3 Å². The van der Waals surface area contributed by atoms with E-state index in [9.17, 15) is 0 Å². The number of aryl methyl sites for hydroxylation is 1. The molecule has 0 spiro atoms. The van der Waals surface area contributed by atoms with Crippen LogP contribution in [0.25, 0.3) is 0 Å². The van der Waals surface area contributed by atoms with Crippen LogP contribution in [0.5, 0.6) is 0 Å². The Bertz CT molecular complexity index is 394. The maximum absolute atomic E-state index is 5.94. The van der Waals surface area contributed by atoms with Crippen LogP contribution < -0.4 is 5.73 Å². The Hall–Kier alpha value is -1.02. The smallest absolute Gasteiger partial charge is 0.0317 e. The predicted molar refractivity (Wildman–Crippen MR) is 72.2 cm³/mol. The number of nitrogen functional groups attached to an aromatic ring is 1. The monoisotopic (exact) mass is 230 g/mol. The van der Waals surface area contributed by atoms with E-state index in [0.717, 1.165) is 11.6 Å². The number of likely N-dealkylation sites (tertiary alicyclic amines) is 1. The van der Waals surface area contributed by atoms with Crippen molar-refractivity contribution in [1.29, 1.82) is 0 Å². The average Bonchev–Trinajstić information content (AvgIpc) is 2.83. The summed E-state index contributed by atoms with van der Waals surface area (Å²) in [5.41, 5.74) is 9.93. The van der Waals surface area contributed by atoms with Gasteiger partial charge in [0.1, 0.15) is 0 Å². The Morgan fingerprint density at radius 1 is 1.18 bits per heavy atom. The van der Waals surface area contributed by atoms with Gasteiger partial charge in [-0.1, -0.05) is 6.07 Å². The Balaban J connectivity index is 1.80. The summed E-state index contributed by atoms with van der Waals surface area (Å²) in [6.45, 7) is 3.85. The largest absolute Gasteiger partial charge is 0.399 e. The molecule has 1 atom stereocenters. The Kier molecular flexibility index (Phi) is 3.06. The molecular formula is C15H22N2. The van der Waals surface area contributed by atoms with E-state index in [-0.39, 0.29) is 0 Å². The van der Waals surface area contributed by atoms with Gasteiger partial charge in [0.05, 0.1) is 0 Å². The number of rotatable bonds is 2. The molecule has 1 saturated heterocycles. The van der Waals surface area contributed by atoms with Crippen LogP contribution in [0.15, 0.2) is 18.2 Å². The second-order valence-corrected chi connectivity index (χ2v) is 5.56. The van der Waals surface area contributed by atoms with Crippen molar-refractivity contribution >= 4 is 5.69 Å². The lowest BCUT2D eigenvalue weighted by Gasteiger charge is -2.29. The minimum atomic E-state index is 0.723. The van der Waals surface area contributed by atoms with Crippen LogP contribution in [-0.2, 0) is 6.42 Å². The van der Waals surface area contributed by atoms with E-state index in [0.29, 0.717) is 0 Å². The SMILES string of the molecule is Nc1ccc2c(c1)C(CN1CCCC1)CCC2. The van der Waals surface area contributed by atoms with Gasteiger partial charge < -0.3 is 10.6 Å². The van der Waals surface area contributed by atoms with Crippen molar-refractivity contribution in [3.63, 3.8) is 0 Å². The molecule has 17 heavy (non-hydrogen) atoms. The van der Waals surface area contributed by atoms with Gasteiger partial charge in [-0.05, 0) is 74.4 Å². The maximum atomic E-state index is 5.94. The molecule has 1 aliphatic heterocycles. The fraction of sp³-hybridized carbons (Fsp3) is 0.600. The molecule has 0 amide bonds. The molecule has 92 valence electrons. The van der Waals surface area contributed by atoms with Gasteiger partial charge in [-0.15, -0.1) is 0 Å². The molecule has 0 aromatic heterocycles. The highest BCUT2D eigenvalue weighted by Gasteiger charge is 2.23. The fourth-order valence-electron chi connectivity index (χ4n) is 3.38. The molecule has 0 saturated carbocycles. The predicted octanol–water partition coefficient (Wildman–Crippen LogP) is 2.78. The van der Waals surface area contributed by atoms with E-state index in [4.69, 9.17) is 5.73 Å². The van der Waals surface area contributed by atoms with E-state index >= 15 is 0 Å². The lowest BCUT2D eigenvalue weighted by Crippen LogP contribution is -2.27. The van der Waals surface area contributed by atoms with Crippen LogP contribution in [0.1, 0.15) is 42.7 Å². The van der Waals surface area contributed by atoms with E-state index in [1.165, 1.54) is 62.9 Å². The summed E-state index contributed by atoms with van der Waals surface area (Å²) in [5, 5.41) is 0. The van der Waals surface area contributed by atoms with Crippen molar-refractivity contribution in [1.82, 2.24) is 4.90 Å². The van der Waals surface area contributed by atoms with E-state index < -0.39 is 0 Å². The van der Waals surface area contributed by atoms with Gasteiger partial charge in [-0.25, -0.2) is 0 Å². The summed E-state index contributed by atoms with van der Waals surface area (Å²) in [4.78, 5) is 2.63. The summed E-state index contributed by atoms with van der Waals surface area (Å²) in [5.74, 6) is 0.723. The first kappa shape index (κ1) is 11.1.